The normalized spacial score (nSPS) is 13.6. The largest absolute Gasteiger partial charge is 0.467 e. The highest BCUT2D eigenvalue weighted by molar-refractivity contribution is 5.83. The minimum atomic E-state index is -0.732. The maximum Gasteiger partial charge on any atom is 0.329 e. The summed E-state index contributed by atoms with van der Waals surface area (Å²) in [5, 5.41) is 5.08. The number of nitrogens with one attached hydrogen (secondary N) is 2. The van der Waals surface area contributed by atoms with Crippen molar-refractivity contribution in [1.29, 1.82) is 0 Å². The van der Waals surface area contributed by atoms with Crippen molar-refractivity contribution in [2.45, 2.75) is 19.9 Å². The molecular weight excluding hydrogens is 250 g/mol. The molecule has 19 heavy (non-hydrogen) atoms. The molecule has 0 saturated carbocycles. The Bertz CT molecular complexity index is 333. The third-order valence-electron chi connectivity index (χ3n) is 2.64. The average Bonchev–Trinajstić information content (AvgIpc) is 2.35. The van der Waals surface area contributed by atoms with Gasteiger partial charge in [-0.1, -0.05) is 6.92 Å². The van der Waals surface area contributed by atoms with Crippen LogP contribution in [0.5, 0.6) is 0 Å². The molecule has 7 nitrogen and oxygen atoms in total. The van der Waals surface area contributed by atoms with E-state index >= 15 is 0 Å². The molecule has 0 saturated heterocycles. The van der Waals surface area contributed by atoms with Gasteiger partial charge < -0.3 is 20.3 Å². The second kappa shape index (κ2) is 8.47. The number of carbonyl (C=O) groups is 3. The van der Waals surface area contributed by atoms with Crippen molar-refractivity contribution in [2.24, 2.45) is 5.92 Å². The molecule has 2 unspecified atom stereocenters. The molecule has 0 aromatic carbocycles. The van der Waals surface area contributed by atoms with Crippen LogP contribution in [0.2, 0.25) is 0 Å². The van der Waals surface area contributed by atoms with Crippen molar-refractivity contribution >= 4 is 17.8 Å². The minimum Gasteiger partial charge on any atom is -0.467 e. The number of methoxy groups -OCH3 is 1. The van der Waals surface area contributed by atoms with Gasteiger partial charge in [0.05, 0.1) is 7.11 Å². The molecule has 0 aromatic rings. The molecule has 110 valence electrons. The number of ether oxygens (including phenoxy) is 1. The summed E-state index contributed by atoms with van der Waals surface area (Å²) < 4.78 is 4.63. The fourth-order valence-electron chi connectivity index (χ4n) is 1.75. The first-order valence-electron chi connectivity index (χ1n) is 6.06. The van der Waals surface area contributed by atoms with Crippen molar-refractivity contribution in [2.75, 3.05) is 34.3 Å². The van der Waals surface area contributed by atoms with Gasteiger partial charge in [-0.15, -0.1) is 0 Å². The number of hydrogen-bond acceptors (Lipinski definition) is 5. The lowest BCUT2D eigenvalue weighted by atomic mass is 10.1. The Morgan fingerprint density at radius 1 is 1.26 bits per heavy atom. The summed E-state index contributed by atoms with van der Waals surface area (Å²) in [6.07, 6.45) is 0. The fourth-order valence-corrected chi connectivity index (χ4v) is 1.75. The van der Waals surface area contributed by atoms with Gasteiger partial charge in [-0.3, -0.25) is 9.59 Å². The van der Waals surface area contributed by atoms with Crippen LogP contribution in [0.25, 0.3) is 0 Å². The molecule has 0 aliphatic rings. The van der Waals surface area contributed by atoms with E-state index in [-0.39, 0.29) is 24.3 Å². The number of esters is 1. The van der Waals surface area contributed by atoms with Crippen molar-refractivity contribution in [3.8, 4) is 0 Å². The van der Waals surface area contributed by atoms with Gasteiger partial charge in [0.15, 0.2) is 0 Å². The van der Waals surface area contributed by atoms with Crippen LogP contribution in [0.4, 0.5) is 0 Å². The molecular formula is C12H23N3O4. The second-order valence-electron chi connectivity index (χ2n) is 4.51. The number of carbonyl (C=O) groups excluding carboxylic acids is 3. The molecule has 2 atom stereocenters. The number of nitrogens with zero attached hydrogens (tertiary/aromatic N) is 1. The summed E-state index contributed by atoms with van der Waals surface area (Å²) in [5.74, 6) is -1.08. The molecule has 0 aromatic heterocycles. The first-order valence-corrected chi connectivity index (χ1v) is 6.06. The predicted molar refractivity (Wildman–Crippen MR) is 70.3 cm³/mol. The van der Waals surface area contributed by atoms with Crippen LogP contribution in [-0.2, 0) is 19.1 Å². The van der Waals surface area contributed by atoms with E-state index in [9.17, 15) is 14.4 Å². The van der Waals surface area contributed by atoms with Crippen LogP contribution >= 0.6 is 0 Å². The van der Waals surface area contributed by atoms with E-state index in [0.29, 0.717) is 6.54 Å². The van der Waals surface area contributed by atoms with E-state index in [4.69, 9.17) is 0 Å². The van der Waals surface area contributed by atoms with Gasteiger partial charge in [-0.25, -0.2) is 4.79 Å². The van der Waals surface area contributed by atoms with E-state index in [1.54, 1.807) is 25.9 Å². The van der Waals surface area contributed by atoms with Crippen molar-refractivity contribution in [3.05, 3.63) is 0 Å². The predicted octanol–water partition coefficient (Wildman–Crippen LogP) is -1.02. The number of hydrogen-bond donors (Lipinski definition) is 2. The second-order valence-corrected chi connectivity index (χ2v) is 4.51. The third-order valence-corrected chi connectivity index (χ3v) is 2.64. The van der Waals surface area contributed by atoms with Gasteiger partial charge in [-0.05, 0) is 7.05 Å². The third kappa shape index (κ3) is 6.76. The van der Waals surface area contributed by atoms with Gasteiger partial charge in [0.25, 0.3) is 0 Å². The van der Waals surface area contributed by atoms with Crippen molar-refractivity contribution in [3.63, 3.8) is 0 Å². The molecule has 0 heterocycles. The Hall–Kier alpha value is -1.63. The Morgan fingerprint density at radius 3 is 2.26 bits per heavy atom. The van der Waals surface area contributed by atoms with E-state index < -0.39 is 12.0 Å². The van der Waals surface area contributed by atoms with Crippen LogP contribution in [-0.4, -0.2) is 63.0 Å². The summed E-state index contributed by atoms with van der Waals surface area (Å²) >= 11 is 0. The SMILES string of the molecule is CNC(=O)C(C)CN(C)CC(NC(C)=O)C(=O)OC. The molecule has 7 heteroatoms. The van der Waals surface area contributed by atoms with Gasteiger partial charge in [0.2, 0.25) is 11.8 Å². The van der Waals surface area contributed by atoms with Crippen LogP contribution in [0, 0.1) is 5.92 Å². The Morgan fingerprint density at radius 2 is 1.84 bits per heavy atom. The molecule has 0 fully saturated rings. The van der Waals surface area contributed by atoms with E-state index in [1.807, 2.05) is 0 Å². The molecule has 0 radical (unpaired) electrons. The quantitative estimate of drug-likeness (QED) is 0.580. The minimum absolute atomic E-state index is 0.0685. The number of amides is 2. The maximum absolute atomic E-state index is 11.5. The topological polar surface area (TPSA) is 87.7 Å². The van der Waals surface area contributed by atoms with Gasteiger partial charge in [0.1, 0.15) is 6.04 Å². The highest BCUT2D eigenvalue weighted by Gasteiger charge is 2.23. The van der Waals surface area contributed by atoms with Crippen molar-refractivity contribution < 1.29 is 19.1 Å². The standard InChI is InChI=1S/C12H23N3O4/c1-8(11(17)13-3)6-15(4)7-10(12(18)19-5)14-9(2)16/h8,10H,6-7H2,1-5H3,(H,13,17)(H,14,16). The van der Waals surface area contributed by atoms with E-state index in [0.717, 1.165) is 0 Å². The average molecular weight is 273 g/mol. The summed E-state index contributed by atoms with van der Waals surface area (Å²) in [4.78, 5) is 35.8. The summed E-state index contributed by atoms with van der Waals surface area (Å²) in [6.45, 7) is 3.89. The lowest BCUT2D eigenvalue weighted by Crippen LogP contribution is -2.48. The molecule has 0 rings (SSSR count). The first-order chi connectivity index (χ1) is 8.81. The summed E-state index contributed by atoms with van der Waals surface area (Å²) in [6, 6.07) is -0.732. The monoisotopic (exact) mass is 273 g/mol. The van der Waals surface area contributed by atoms with Gasteiger partial charge >= 0.3 is 5.97 Å². The maximum atomic E-state index is 11.5. The summed E-state index contributed by atoms with van der Waals surface area (Å²) in [7, 11) is 4.62. The Labute approximate surface area is 113 Å². The smallest absolute Gasteiger partial charge is 0.329 e. The molecule has 0 spiro atoms. The first kappa shape index (κ1) is 17.4. The Balaban J connectivity index is 4.45. The van der Waals surface area contributed by atoms with Gasteiger partial charge in [-0.2, -0.15) is 0 Å². The van der Waals surface area contributed by atoms with Crippen LogP contribution in [0.15, 0.2) is 0 Å². The number of rotatable bonds is 7. The fraction of sp³-hybridized carbons (Fsp3) is 0.750. The zero-order valence-electron chi connectivity index (χ0n) is 12.1. The van der Waals surface area contributed by atoms with Crippen LogP contribution in [0.3, 0.4) is 0 Å². The van der Waals surface area contributed by atoms with E-state index in [1.165, 1.54) is 14.0 Å². The molecule has 2 amide bonds. The zero-order chi connectivity index (χ0) is 15.0. The van der Waals surface area contributed by atoms with Gasteiger partial charge in [0, 0.05) is 33.0 Å². The van der Waals surface area contributed by atoms with Crippen LogP contribution < -0.4 is 10.6 Å². The zero-order valence-corrected chi connectivity index (χ0v) is 12.1. The lowest BCUT2D eigenvalue weighted by Gasteiger charge is -2.24. The molecule has 2 N–H and O–H groups in total. The van der Waals surface area contributed by atoms with Crippen LogP contribution in [0.1, 0.15) is 13.8 Å². The summed E-state index contributed by atoms with van der Waals surface area (Å²) in [5.41, 5.74) is 0. The van der Waals surface area contributed by atoms with E-state index in [2.05, 4.69) is 15.4 Å². The number of likely N-dealkylation sites (N-methyl/N-ethyl adjacent to an activating group) is 1. The Kier molecular flexibility index (Phi) is 7.74. The molecule has 0 aliphatic carbocycles. The molecule has 0 bridgehead atoms. The molecule has 0 aliphatic heterocycles. The van der Waals surface area contributed by atoms with Crippen molar-refractivity contribution in [1.82, 2.24) is 15.5 Å². The highest BCUT2D eigenvalue weighted by Crippen LogP contribution is 2.00. The lowest BCUT2D eigenvalue weighted by molar-refractivity contribution is -0.145. The highest BCUT2D eigenvalue weighted by atomic mass is 16.5.